The SMILES string of the molecule is CCNC(=NCc1ncnn1C)NC(C)c1ccc(OCC)c(OCC)c1.I. The summed E-state index contributed by atoms with van der Waals surface area (Å²) >= 11 is 0. The lowest BCUT2D eigenvalue weighted by molar-refractivity contribution is 0.287. The molecule has 2 N–H and O–H groups in total. The third kappa shape index (κ3) is 6.84. The maximum Gasteiger partial charge on any atom is 0.192 e. The van der Waals surface area contributed by atoms with E-state index >= 15 is 0 Å². The molecular weight excluding hydrogens is 471 g/mol. The van der Waals surface area contributed by atoms with Gasteiger partial charge in [0.05, 0.1) is 19.3 Å². The van der Waals surface area contributed by atoms with Gasteiger partial charge in [-0.3, -0.25) is 4.68 Å². The zero-order valence-corrected chi connectivity index (χ0v) is 19.6. The first-order valence-corrected chi connectivity index (χ1v) is 9.36. The van der Waals surface area contributed by atoms with Gasteiger partial charge in [0, 0.05) is 13.6 Å². The van der Waals surface area contributed by atoms with E-state index in [0.717, 1.165) is 35.4 Å². The molecule has 0 saturated carbocycles. The van der Waals surface area contributed by atoms with Crippen molar-refractivity contribution in [2.75, 3.05) is 19.8 Å². The summed E-state index contributed by atoms with van der Waals surface area (Å²) in [5, 5.41) is 10.8. The molecule has 1 unspecified atom stereocenters. The van der Waals surface area contributed by atoms with Gasteiger partial charge in [-0.05, 0) is 45.4 Å². The van der Waals surface area contributed by atoms with Crippen molar-refractivity contribution >= 4 is 29.9 Å². The number of rotatable bonds is 9. The predicted molar refractivity (Wildman–Crippen MR) is 122 cm³/mol. The lowest BCUT2D eigenvalue weighted by atomic mass is 10.1. The fraction of sp³-hybridized carbons (Fsp3) is 0.526. The van der Waals surface area contributed by atoms with Gasteiger partial charge in [0.25, 0.3) is 0 Å². The first kappa shape index (κ1) is 24.0. The number of aryl methyl sites for hydroxylation is 1. The zero-order valence-electron chi connectivity index (χ0n) is 17.2. The van der Waals surface area contributed by atoms with Gasteiger partial charge in [0.1, 0.15) is 18.7 Å². The van der Waals surface area contributed by atoms with Crippen molar-refractivity contribution in [3.8, 4) is 11.5 Å². The van der Waals surface area contributed by atoms with Gasteiger partial charge in [0.2, 0.25) is 0 Å². The molecule has 28 heavy (non-hydrogen) atoms. The molecule has 0 amide bonds. The molecule has 9 heteroatoms. The topological polar surface area (TPSA) is 85.6 Å². The van der Waals surface area contributed by atoms with Gasteiger partial charge in [-0.25, -0.2) is 9.98 Å². The van der Waals surface area contributed by atoms with E-state index in [4.69, 9.17) is 9.47 Å². The molecule has 2 aromatic rings. The zero-order chi connectivity index (χ0) is 19.6. The highest BCUT2D eigenvalue weighted by atomic mass is 127. The van der Waals surface area contributed by atoms with Crippen molar-refractivity contribution in [2.45, 2.75) is 40.3 Å². The highest BCUT2D eigenvalue weighted by molar-refractivity contribution is 14.0. The summed E-state index contributed by atoms with van der Waals surface area (Å²) in [7, 11) is 1.86. The fourth-order valence-corrected chi connectivity index (χ4v) is 2.56. The van der Waals surface area contributed by atoms with Crippen LogP contribution < -0.4 is 20.1 Å². The molecule has 1 aromatic heterocycles. The number of nitrogens with one attached hydrogen (secondary N) is 2. The number of hydrogen-bond donors (Lipinski definition) is 2. The highest BCUT2D eigenvalue weighted by Crippen LogP contribution is 2.30. The minimum Gasteiger partial charge on any atom is -0.490 e. The second kappa shape index (κ2) is 12.4. The summed E-state index contributed by atoms with van der Waals surface area (Å²) in [5.74, 6) is 3.05. The standard InChI is InChI=1S/C19H30N6O2.HI/c1-6-20-19(21-12-18-22-13-23-25(18)5)24-14(4)15-9-10-16(26-7-2)17(11-15)27-8-3;/h9-11,13-14H,6-8,12H2,1-5H3,(H2,20,21,24);1H. The van der Waals surface area contributed by atoms with Crippen LogP contribution in [0.1, 0.15) is 45.1 Å². The Morgan fingerprint density at radius 2 is 1.89 bits per heavy atom. The van der Waals surface area contributed by atoms with E-state index in [1.54, 1.807) is 4.68 Å². The normalized spacial score (nSPS) is 12.1. The molecule has 156 valence electrons. The number of guanidine groups is 1. The number of nitrogens with zero attached hydrogens (tertiary/aromatic N) is 4. The van der Waals surface area contributed by atoms with Crippen LogP contribution in [0.15, 0.2) is 29.5 Å². The molecule has 1 atom stereocenters. The fourth-order valence-electron chi connectivity index (χ4n) is 2.56. The molecular formula is C19H31IN6O2. The van der Waals surface area contributed by atoms with E-state index in [0.29, 0.717) is 19.8 Å². The Labute approximate surface area is 184 Å². The van der Waals surface area contributed by atoms with E-state index in [2.05, 4.69) is 32.6 Å². The van der Waals surface area contributed by atoms with Crippen molar-refractivity contribution in [1.29, 1.82) is 0 Å². The molecule has 0 fully saturated rings. The molecule has 0 radical (unpaired) electrons. The van der Waals surface area contributed by atoms with Crippen LogP contribution in [0.4, 0.5) is 0 Å². The Morgan fingerprint density at radius 3 is 2.50 bits per heavy atom. The Bertz CT molecular complexity index is 750. The van der Waals surface area contributed by atoms with Crippen molar-refractivity contribution < 1.29 is 9.47 Å². The number of aliphatic imine (C=N–C) groups is 1. The van der Waals surface area contributed by atoms with Crippen molar-refractivity contribution in [3.63, 3.8) is 0 Å². The minimum absolute atomic E-state index is 0. The van der Waals surface area contributed by atoms with E-state index in [1.807, 2.05) is 46.0 Å². The third-order valence-corrected chi connectivity index (χ3v) is 3.95. The van der Waals surface area contributed by atoms with Crippen LogP contribution in [0.5, 0.6) is 11.5 Å². The molecule has 0 aliphatic heterocycles. The summed E-state index contributed by atoms with van der Waals surface area (Å²) in [5.41, 5.74) is 1.09. The van der Waals surface area contributed by atoms with Crippen molar-refractivity contribution in [2.24, 2.45) is 12.0 Å². The van der Waals surface area contributed by atoms with Gasteiger partial charge in [-0.1, -0.05) is 6.07 Å². The Hall–Kier alpha value is -2.04. The van der Waals surface area contributed by atoms with Crippen LogP contribution in [0, 0.1) is 0 Å². The molecule has 0 bridgehead atoms. The maximum absolute atomic E-state index is 5.73. The smallest absolute Gasteiger partial charge is 0.192 e. The number of halogens is 1. The van der Waals surface area contributed by atoms with Crippen LogP contribution in [0.3, 0.4) is 0 Å². The van der Waals surface area contributed by atoms with Crippen LogP contribution in [0.2, 0.25) is 0 Å². The minimum atomic E-state index is 0. The van der Waals surface area contributed by atoms with E-state index in [9.17, 15) is 0 Å². The first-order valence-electron chi connectivity index (χ1n) is 9.36. The van der Waals surface area contributed by atoms with E-state index < -0.39 is 0 Å². The second-order valence-electron chi connectivity index (χ2n) is 5.93. The lowest BCUT2D eigenvalue weighted by Crippen LogP contribution is -2.38. The Morgan fingerprint density at radius 1 is 1.18 bits per heavy atom. The molecule has 8 nitrogen and oxygen atoms in total. The largest absolute Gasteiger partial charge is 0.490 e. The van der Waals surface area contributed by atoms with Crippen molar-refractivity contribution in [3.05, 3.63) is 35.9 Å². The van der Waals surface area contributed by atoms with Gasteiger partial charge < -0.3 is 20.1 Å². The van der Waals surface area contributed by atoms with Gasteiger partial charge in [-0.15, -0.1) is 24.0 Å². The second-order valence-corrected chi connectivity index (χ2v) is 5.93. The van der Waals surface area contributed by atoms with Crippen LogP contribution in [-0.2, 0) is 13.6 Å². The number of hydrogen-bond acceptors (Lipinski definition) is 5. The predicted octanol–water partition coefficient (Wildman–Crippen LogP) is 3.05. The van der Waals surface area contributed by atoms with E-state index in [1.165, 1.54) is 6.33 Å². The Kier molecular flexibility index (Phi) is 10.6. The van der Waals surface area contributed by atoms with Gasteiger partial charge in [0.15, 0.2) is 17.5 Å². The molecule has 1 heterocycles. The summed E-state index contributed by atoms with van der Waals surface area (Å²) in [4.78, 5) is 8.81. The molecule has 1 aromatic carbocycles. The third-order valence-electron chi connectivity index (χ3n) is 3.95. The first-order chi connectivity index (χ1) is 13.1. The summed E-state index contributed by atoms with van der Waals surface area (Å²) in [6.45, 7) is 10.5. The Balaban J connectivity index is 0.00000392. The number of ether oxygens (including phenoxy) is 2. The van der Waals surface area contributed by atoms with Crippen LogP contribution in [0.25, 0.3) is 0 Å². The molecule has 0 spiro atoms. The van der Waals surface area contributed by atoms with Crippen molar-refractivity contribution in [1.82, 2.24) is 25.4 Å². The average Bonchev–Trinajstić information content (AvgIpc) is 3.06. The van der Waals surface area contributed by atoms with Gasteiger partial charge >= 0.3 is 0 Å². The lowest BCUT2D eigenvalue weighted by Gasteiger charge is -2.20. The average molecular weight is 502 g/mol. The highest BCUT2D eigenvalue weighted by Gasteiger charge is 2.12. The van der Waals surface area contributed by atoms with Gasteiger partial charge in [-0.2, -0.15) is 5.10 Å². The molecule has 0 saturated heterocycles. The molecule has 0 aliphatic carbocycles. The summed E-state index contributed by atoms with van der Waals surface area (Å²) in [6, 6.07) is 6.04. The molecule has 2 rings (SSSR count). The summed E-state index contributed by atoms with van der Waals surface area (Å²) in [6.07, 6.45) is 1.53. The maximum atomic E-state index is 5.73. The van der Waals surface area contributed by atoms with Crippen LogP contribution >= 0.6 is 24.0 Å². The number of aromatic nitrogens is 3. The van der Waals surface area contributed by atoms with Crippen LogP contribution in [-0.4, -0.2) is 40.5 Å². The van der Waals surface area contributed by atoms with E-state index in [-0.39, 0.29) is 30.0 Å². The molecule has 0 aliphatic rings. The number of benzene rings is 1. The monoisotopic (exact) mass is 502 g/mol. The summed E-state index contributed by atoms with van der Waals surface area (Å²) < 4.78 is 13.1. The quantitative estimate of drug-likeness (QED) is 0.312.